The number of primary amides is 1. The highest BCUT2D eigenvalue weighted by Crippen LogP contribution is 2.38. The first-order valence-corrected chi connectivity index (χ1v) is 14.4. The van der Waals surface area contributed by atoms with Crippen molar-refractivity contribution >= 4 is 39.9 Å². The van der Waals surface area contributed by atoms with Gasteiger partial charge >= 0.3 is 0 Å². The molecule has 0 radical (unpaired) electrons. The smallest absolute Gasteiger partial charge is 0.251 e. The number of carbonyl (C=O) groups excluding carboxylic acids is 2. The Balaban J connectivity index is 1.40. The number of thioether (sulfide) groups is 1. The summed E-state index contributed by atoms with van der Waals surface area (Å²) in [6.45, 7) is 4.56. The fraction of sp³-hybridized carbons (Fsp3) is 0.286. The molecule has 8 nitrogen and oxygen atoms in total. The number of hydrogen-bond donors (Lipinski definition) is 2. The molecule has 0 aliphatic heterocycles. The second-order valence-corrected chi connectivity index (χ2v) is 11.1. The summed E-state index contributed by atoms with van der Waals surface area (Å²) in [5.41, 5.74) is 10.0. The van der Waals surface area contributed by atoms with E-state index >= 15 is 0 Å². The van der Waals surface area contributed by atoms with Crippen molar-refractivity contribution in [3.05, 3.63) is 70.1 Å². The number of nitrogens with one attached hydrogen (secondary N) is 1. The first kappa shape index (κ1) is 26.0. The van der Waals surface area contributed by atoms with Gasteiger partial charge in [0.25, 0.3) is 5.91 Å². The van der Waals surface area contributed by atoms with Crippen LogP contribution in [0.5, 0.6) is 5.75 Å². The molecule has 0 atom stereocenters. The van der Waals surface area contributed by atoms with Crippen LogP contribution in [0.15, 0.2) is 53.7 Å². The monoisotopic (exact) mass is 547 g/mol. The molecule has 196 valence electrons. The van der Waals surface area contributed by atoms with E-state index in [2.05, 4.69) is 21.6 Å². The van der Waals surface area contributed by atoms with E-state index in [4.69, 9.17) is 10.5 Å². The number of thiophene rings is 1. The quantitative estimate of drug-likeness (QED) is 0.271. The normalized spacial score (nSPS) is 12.7. The van der Waals surface area contributed by atoms with Crippen molar-refractivity contribution in [2.45, 2.75) is 44.7 Å². The molecule has 10 heteroatoms. The van der Waals surface area contributed by atoms with E-state index in [0.29, 0.717) is 28.2 Å². The van der Waals surface area contributed by atoms with Gasteiger partial charge in [-0.1, -0.05) is 35.5 Å². The van der Waals surface area contributed by atoms with E-state index in [1.54, 1.807) is 0 Å². The van der Waals surface area contributed by atoms with Crippen molar-refractivity contribution < 1.29 is 14.3 Å². The molecule has 0 unspecified atom stereocenters. The maximum Gasteiger partial charge on any atom is 0.251 e. The third-order valence-corrected chi connectivity index (χ3v) is 8.45. The van der Waals surface area contributed by atoms with Crippen LogP contribution in [0.1, 0.15) is 46.1 Å². The Morgan fingerprint density at radius 1 is 1.13 bits per heavy atom. The Morgan fingerprint density at radius 3 is 2.66 bits per heavy atom. The predicted octanol–water partition coefficient (Wildman–Crippen LogP) is 5.41. The predicted molar refractivity (Wildman–Crippen MR) is 152 cm³/mol. The van der Waals surface area contributed by atoms with Crippen LogP contribution in [0.3, 0.4) is 0 Å². The van der Waals surface area contributed by atoms with Crippen molar-refractivity contribution in [1.82, 2.24) is 14.8 Å². The number of fused-ring (bicyclic) bond motifs is 1. The molecule has 4 aromatic rings. The zero-order chi connectivity index (χ0) is 26.6. The van der Waals surface area contributed by atoms with Gasteiger partial charge in [-0.05, 0) is 75.4 Å². The van der Waals surface area contributed by atoms with Crippen molar-refractivity contribution in [2.24, 2.45) is 5.73 Å². The highest BCUT2D eigenvalue weighted by molar-refractivity contribution is 7.99. The fourth-order valence-electron chi connectivity index (χ4n) is 4.63. The molecule has 5 rings (SSSR count). The van der Waals surface area contributed by atoms with Crippen LogP contribution in [0.4, 0.5) is 5.00 Å². The minimum atomic E-state index is -0.495. The number of anilines is 1. The average Bonchev–Trinajstić information content (AvgIpc) is 3.49. The molecule has 3 N–H and O–H groups in total. The van der Waals surface area contributed by atoms with Gasteiger partial charge in [0.15, 0.2) is 11.0 Å². The van der Waals surface area contributed by atoms with Gasteiger partial charge in [0.1, 0.15) is 10.8 Å². The first-order valence-electron chi connectivity index (χ1n) is 12.6. The van der Waals surface area contributed by atoms with E-state index in [0.717, 1.165) is 58.7 Å². The number of rotatable bonds is 9. The molecule has 2 aromatic heterocycles. The molecule has 2 amide bonds. The molecule has 1 aliphatic carbocycles. The molecule has 0 saturated heterocycles. The number of hydrogen-bond acceptors (Lipinski definition) is 7. The summed E-state index contributed by atoms with van der Waals surface area (Å²) in [5.74, 6) is 0.838. The summed E-state index contributed by atoms with van der Waals surface area (Å²) in [5, 5.41) is 13.0. The largest absolute Gasteiger partial charge is 0.494 e. The van der Waals surface area contributed by atoms with E-state index in [1.807, 2.05) is 60.9 Å². The number of aromatic nitrogens is 3. The number of carbonyl (C=O) groups is 2. The van der Waals surface area contributed by atoms with Crippen LogP contribution in [0, 0.1) is 6.92 Å². The van der Waals surface area contributed by atoms with Crippen molar-refractivity contribution in [2.75, 3.05) is 17.7 Å². The second-order valence-electron chi connectivity index (χ2n) is 9.05. The van der Waals surface area contributed by atoms with E-state index in [1.165, 1.54) is 23.1 Å². The van der Waals surface area contributed by atoms with Gasteiger partial charge in [-0.15, -0.1) is 21.5 Å². The molecular weight excluding hydrogens is 518 g/mol. The zero-order valence-electron chi connectivity index (χ0n) is 21.3. The lowest BCUT2D eigenvalue weighted by atomic mass is 9.95. The molecular formula is C28H29N5O3S2. The summed E-state index contributed by atoms with van der Waals surface area (Å²) < 4.78 is 7.55. The number of amides is 2. The second kappa shape index (κ2) is 11.4. The van der Waals surface area contributed by atoms with Crippen LogP contribution in [0.2, 0.25) is 0 Å². The standard InChI is InChI=1S/C28H29N5O3S2/c1-3-36-20-13-11-19(12-14-20)33-26(18-8-6-7-17(2)15-18)31-32-28(33)37-16-23(34)30-27-24(25(29)35)21-9-4-5-10-22(21)38-27/h6-8,11-15H,3-5,9-10,16H2,1-2H3,(H2,29,35)(H,30,34). The van der Waals surface area contributed by atoms with Gasteiger partial charge in [-0.25, -0.2) is 0 Å². The van der Waals surface area contributed by atoms with Gasteiger partial charge in [0.2, 0.25) is 5.91 Å². The van der Waals surface area contributed by atoms with Crippen LogP contribution < -0.4 is 15.8 Å². The minimum Gasteiger partial charge on any atom is -0.494 e. The number of nitrogens with two attached hydrogens (primary N) is 1. The van der Waals surface area contributed by atoms with Gasteiger partial charge in [0, 0.05) is 16.1 Å². The molecule has 2 aromatic carbocycles. The summed E-state index contributed by atoms with van der Waals surface area (Å²) >= 11 is 2.75. The van der Waals surface area contributed by atoms with Crippen molar-refractivity contribution in [3.8, 4) is 22.8 Å². The number of benzene rings is 2. The molecule has 2 heterocycles. The van der Waals surface area contributed by atoms with Crippen molar-refractivity contribution in [3.63, 3.8) is 0 Å². The lowest BCUT2D eigenvalue weighted by molar-refractivity contribution is -0.113. The van der Waals surface area contributed by atoms with E-state index < -0.39 is 5.91 Å². The zero-order valence-corrected chi connectivity index (χ0v) is 23.0. The number of nitrogens with zero attached hydrogens (tertiary/aromatic N) is 3. The minimum absolute atomic E-state index is 0.101. The third kappa shape index (κ3) is 5.46. The number of ether oxygens (including phenoxy) is 1. The fourth-order valence-corrected chi connectivity index (χ4v) is 6.70. The summed E-state index contributed by atoms with van der Waals surface area (Å²) in [6.07, 6.45) is 3.84. The maximum absolute atomic E-state index is 13.0. The Bertz CT molecular complexity index is 1480. The summed E-state index contributed by atoms with van der Waals surface area (Å²) in [6, 6.07) is 15.8. The topological polar surface area (TPSA) is 112 Å². The van der Waals surface area contributed by atoms with Gasteiger partial charge in [0.05, 0.1) is 17.9 Å². The molecule has 38 heavy (non-hydrogen) atoms. The summed E-state index contributed by atoms with van der Waals surface area (Å²) in [7, 11) is 0. The van der Waals surface area contributed by atoms with Crippen molar-refractivity contribution in [1.29, 1.82) is 0 Å². The van der Waals surface area contributed by atoms with Crippen LogP contribution >= 0.6 is 23.1 Å². The van der Waals surface area contributed by atoms with Crippen LogP contribution in [-0.4, -0.2) is 38.9 Å². The molecule has 1 aliphatic rings. The highest BCUT2D eigenvalue weighted by Gasteiger charge is 2.25. The Labute approximate surface area is 229 Å². The van der Waals surface area contributed by atoms with E-state index in [9.17, 15) is 9.59 Å². The SMILES string of the molecule is CCOc1ccc(-n2c(SCC(=O)Nc3sc4c(c3C(N)=O)CCCC4)nnc2-c2cccc(C)c2)cc1. The summed E-state index contributed by atoms with van der Waals surface area (Å²) in [4.78, 5) is 26.3. The van der Waals surface area contributed by atoms with Crippen LogP contribution in [0.25, 0.3) is 17.1 Å². The lowest BCUT2D eigenvalue weighted by Crippen LogP contribution is -2.19. The lowest BCUT2D eigenvalue weighted by Gasteiger charge is -2.12. The highest BCUT2D eigenvalue weighted by atomic mass is 32.2. The number of aryl methyl sites for hydroxylation is 2. The molecule has 0 bridgehead atoms. The Morgan fingerprint density at radius 2 is 1.92 bits per heavy atom. The molecule has 0 fully saturated rings. The van der Waals surface area contributed by atoms with Gasteiger partial charge in [-0.3, -0.25) is 14.2 Å². The third-order valence-electron chi connectivity index (χ3n) is 6.32. The first-order chi connectivity index (χ1) is 18.4. The Hall–Kier alpha value is -3.63. The molecule has 0 saturated carbocycles. The van der Waals surface area contributed by atoms with E-state index in [-0.39, 0.29) is 11.7 Å². The van der Waals surface area contributed by atoms with Gasteiger partial charge < -0.3 is 15.8 Å². The maximum atomic E-state index is 13.0. The Kier molecular flexibility index (Phi) is 7.80. The van der Waals surface area contributed by atoms with Crippen LogP contribution in [-0.2, 0) is 17.6 Å². The van der Waals surface area contributed by atoms with Gasteiger partial charge in [-0.2, -0.15) is 0 Å². The molecule has 0 spiro atoms. The average molecular weight is 548 g/mol.